The van der Waals surface area contributed by atoms with Gasteiger partial charge in [-0.15, -0.1) is 0 Å². The molecule has 0 fully saturated rings. The molecule has 0 N–H and O–H groups in total. The van der Waals surface area contributed by atoms with Crippen LogP contribution in [0.3, 0.4) is 0 Å². The van der Waals surface area contributed by atoms with E-state index in [9.17, 15) is 0 Å². The average Bonchev–Trinajstić information content (AvgIpc) is 2.41. The van der Waals surface area contributed by atoms with Crippen molar-refractivity contribution in [2.24, 2.45) is 0 Å². The topological polar surface area (TPSA) is 35.0 Å². The normalized spacial score (nSPS) is 11.6. The molecule has 0 unspecified atom stereocenters. The zero-order valence-electron chi connectivity index (χ0n) is 12.2. The zero-order chi connectivity index (χ0) is 15.8. The van der Waals surface area contributed by atoms with Crippen molar-refractivity contribution in [1.82, 2.24) is 9.97 Å². The van der Waals surface area contributed by atoms with Crippen molar-refractivity contribution in [3.63, 3.8) is 0 Å². The van der Waals surface area contributed by atoms with Crippen molar-refractivity contribution in [1.29, 1.82) is 0 Å². The highest BCUT2D eigenvalue weighted by molar-refractivity contribution is 9.11. The molecule has 0 radical (unpaired) electrons. The Kier molecular flexibility index (Phi) is 4.96. The van der Waals surface area contributed by atoms with Gasteiger partial charge in [0.15, 0.2) is 5.82 Å². The monoisotopic (exact) mass is 432 g/mol. The standard InChI is InChI=1S/C15H15Br2ClN2O/c1-15(2,3)12-11(17)13(18)20-14(19-12)9-7-8(21-4)5-6-10(9)16/h5-7H,1-4H3. The van der Waals surface area contributed by atoms with Crippen molar-refractivity contribution in [2.45, 2.75) is 26.2 Å². The first kappa shape index (κ1) is 16.7. The van der Waals surface area contributed by atoms with Gasteiger partial charge in [-0.25, -0.2) is 9.97 Å². The molecule has 112 valence electrons. The molecule has 0 aliphatic heterocycles. The molecule has 6 heteroatoms. The minimum absolute atomic E-state index is 0.147. The summed E-state index contributed by atoms with van der Waals surface area (Å²) >= 11 is 13.3. The number of ether oxygens (including phenoxy) is 1. The molecule has 0 atom stereocenters. The summed E-state index contributed by atoms with van der Waals surface area (Å²) in [6, 6.07) is 5.67. The van der Waals surface area contributed by atoms with Crippen molar-refractivity contribution >= 4 is 43.5 Å². The number of hydrogen-bond acceptors (Lipinski definition) is 3. The van der Waals surface area contributed by atoms with Crippen LogP contribution in [0.4, 0.5) is 0 Å². The van der Waals surface area contributed by atoms with E-state index in [1.54, 1.807) is 7.11 Å². The van der Waals surface area contributed by atoms with Gasteiger partial charge < -0.3 is 4.74 Å². The van der Waals surface area contributed by atoms with Gasteiger partial charge in [0.25, 0.3) is 0 Å². The van der Waals surface area contributed by atoms with Gasteiger partial charge in [-0.3, -0.25) is 0 Å². The van der Waals surface area contributed by atoms with Crippen molar-refractivity contribution < 1.29 is 4.74 Å². The molecule has 1 aromatic heterocycles. The lowest BCUT2D eigenvalue weighted by molar-refractivity contribution is 0.415. The van der Waals surface area contributed by atoms with Crippen LogP contribution in [0.2, 0.25) is 5.15 Å². The van der Waals surface area contributed by atoms with Crippen molar-refractivity contribution in [2.75, 3.05) is 7.11 Å². The maximum Gasteiger partial charge on any atom is 0.162 e. The molecule has 0 aliphatic rings. The van der Waals surface area contributed by atoms with Gasteiger partial charge in [0.1, 0.15) is 10.9 Å². The van der Waals surface area contributed by atoms with Crippen LogP contribution in [0.5, 0.6) is 5.75 Å². The Bertz CT molecular complexity index is 684. The molecule has 21 heavy (non-hydrogen) atoms. The summed E-state index contributed by atoms with van der Waals surface area (Å²) in [7, 11) is 1.63. The van der Waals surface area contributed by atoms with Crippen LogP contribution in [0.1, 0.15) is 26.5 Å². The predicted octanol–water partition coefficient (Wildman–Crippen LogP) is 5.63. The van der Waals surface area contributed by atoms with Gasteiger partial charge in [-0.2, -0.15) is 0 Å². The second-order valence-electron chi connectivity index (χ2n) is 5.60. The number of methoxy groups -OCH3 is 1. The van der Waals surface area contributed by atoms with E-state index >= 15 is 0 Å². The number of nitrogens with zero attached hydrogens (tertiary/aromatic N) is 2. The third-order valence-corrected chi connectivity index (χ3v) is 4.88. The minimum Gasteiger partial charge on any atom is -0.497 e. The van der Waals surface area contributed by atoms with E-state index in [1.165, 1.54) is 0 Å². The smallest absolute Gasteiger partial charge is 0.162 e. The molecule has 0 amide bonds. The van der Waals surface area contributed by atoms with Gasteiger partial charge in [-0.05, 0) is 34.1 Å². The van der Waals surface area contributed by atoms with Crippen molar-refractivity contribution in [3.8, 4) is 17.1 Å². The van der Waals surface area contributed by atoms with Crippen LogP contribution in [-0.4, -0.2) is 17.1 Å². The number of halogens is 3. The Labute approximate surface area is 146 Å². The highest BCUT2D eigenvalue weighted by atomic mass is 79.9. The molecule has 0 spiro atoms. The van der Waals surface area contributed by atoms with Gasteiger partial charge in [0, 0.05) is 15.5 Å². The van der Waals surface area contributed by atoms with Crippen LogP contribution in [0.15, 0.2) is 27.1 Å². The summed E-state index contributed by atoms with van der Waals surface area (Å²) in [5.74, 6) is 1.31. The first-order chi connectivity index (χ1) is 9.74. The van der Waals surface area contributed by atoms with Crippen LogP contribution in [-0.2, 0) is 5.41 Å². The molecular formula is C15H15Br2ClN2O. The Morgan fingerprint density at radius 1 is 1.14 bits per heavy atom. The van der Waals surface area contributed by atoms with E-state index in [-0.39, 0.29) is 5.41 Å². The van der Waals surface area contributed by atoms with Gasteiger partial charge >= 0.3 is 0 Å². The SMILES string of the molecule is COc1ccc(Br)c(-c2nc(Cl)c(Br)c(C(C)(C)C)n2)c1. The Morgan fingerprint density at radius 2 is 1.81 bits per heavy atom. The lowest BCUT2D eigenvalue weighted by Crippen LogP contribution is -2.16. The molecule has 2 rings (SSSR count). The minimum atomic E-state index is -0.147. The maximum atomic E-state index is 6.26. The van der Waals surface area contributed by atoms with E-state index in [0.29, 0.717) is 11.0 Å². The molecular weight excluding hydrogens is 419 g/mol. The maximum absolute atomic E-state index is 6.26. The highest BCUT2D eigenvalue weighted by Crippen LogP contribution is 2.36. The van der Waals surface area contributed by atoms with E-state index in [1.807, 2.05) is 18.2 Å². The average molecular weight is 435 g/mol. The molecule has 1 aromatic carbocycles. The third kappa shape index (κ3) is 3.58. The third-order valence-electron chi connectivity index (χ3n) is 2.94. The molecule has 0 saturated heterocycles. The molecule has 1 heterocycles. The van der Waals surface area contributed by atoms with Gasteiger partial charge in [0.05, 0.1) is 17.3 Å². The van der Waals surface area contributed by atoms with Crippen LogP contribution in [0, 0.1) is 0 Å². The first-order valence-corrected chi connectivity index (χ1v) is 8.28. The van der Waals surface area contributed by atoms with Crippen molar-refractivity contribution in [3.05, 3.63) is 38.0 Å². The van der Waals surface area contributed by atoms with E-state index in [4.69, 9.17) is 16.3 Å². The van der Waals surface area contributed by atoms with E-state index in [0.717, 1.165) is 26.0 Å². The van der Waals surface area contributed by atoms with Gasteiger partial charge in [-0.1, -0.05) is 48.3 Å². The summed E-state index contributed by atoms with van der Waals surface area (Å²) in [6.45, 7) is 6.25. The molecule has 2 aromatic rings. The second kappa shape index (κ2) is 6.23. The Hall–Kier alpha value is -0.650. The number of benzene rings is 1. The molecule has 0 aliphatic carbocycles. The number of rotatable bonds is 2. The fourth-order valence-corrected chi connectivity index (χ4v) is 3.21. The summed E-state index contributed by atoms with van der Waals surface area (Å²) in [4.78, 5) is 9.06. The largest absolute Gasteiger partial charge is 0.497 e. The lowest BCUT2D eigenvalue weighted by Gasteiger charge is -2.21. The summed E-state index contributed by atoms with van der Waals surface area (Å²) in [6.07, 6.45) is 0. The summed E-state index contributed by atoms with van der Waals surface area (Å²) < 4.78 is 6.89. The fraction of sp³-hybridized carbons (Fsp3) is 0.333. The number of aromatic nitrogens is 2. The predicted molar refractivity (Wildman–Crippen MR) is 93.1 cm³/mol. The quantitative estimate of drug-likeness (QED) is 0.575. The summed E-state index contributed by atoms with van der Waals surface area (Å²) in [5.41, 5.74) is 1.56. The fourth-order valence-electron chi connectivity index (χ4n) is 1.84. The Morgan fingerprint density at radius 3 is 2.38 bits per heavy atom. The highest BCUT2D eigenvalue weighted by Gasteiger charge is 2.23. The Balaban J connectivity index is 2.68. The molecule has 0 bridgehead atoms. The van der Waals surface area contributed by atoms with Crippen LogP contribution < -0.4 is 4.74 Å². The summed E-state index contributed by atoms with van der Waals surface area (Å²) in [5, 5.41) is 0.402. The van der Waals surface area contributed by atoms with E-state index in [2.05, 4.69) is 62.6 Å². The van der Waals surface area contributed by atoms with E-state index < -0.39 is 0 Å². The second-order valence-corrected chi connectivity index (χ2v) is 7.60. The lowest BCUT2D eigenvalue weighted by atomic mass is 9.92. The van der Waals surface area contributed by atoms with Crippen LogP contribution in [0.25, 0.3) is 11.4 Å². The van der Waals surface area contributed by atoms with Gasteiger partial charge in [0.2, 0.25) is 0 Å². The van der Waals surface area contributed by atoms with Crippen LogP contribution >= 0.6 is 43.5 Å². The molecule has 3 nitrogen and oxygen atoms in total. The molecule has 0 saturated carbocycles. The number of hydrogen-bond donors (Lipinski definition) is 0. The first-order valence-electron chi connectivity index (χ1n) is 6.31. The zero-order valence-corrected chi connectivity index (χ0v) is 16.1.